The normalized spacial score (nSPS) is 13.7. The van der Waals surface area contributed by atoms with Crippen LogP contribution in [0.3, 0.4) is 0 Å². The quantitative estimate of drug-likeness (QED) is 0.617. The Hall–Kier alpha value is -1.67. The zero-order chi connectivity index (χ0) is 17.8. The lowest BCUT2D eigenvalue weighted by Gasteiger charge is -2.11. The van der Waals surface area contributed by atoms with E-state index in [0.29, 0.717) is 12.5 Å². The largest absolute Gasteiger partial charge is 0.338 e. The minimum atomic E-state index is -0.444. The summed E-state index contributed by atoms with van der Waals surface area (Å²) in [6, 6.07) is -0.444. The average Bonchev–Trinajstić information content (AvgIpc) is 2.97. The number of nitrogens with zero attached hydrogens (tertiary/aromatic N) is 2. The van der Waals surface area contributed by atoms with E-state index in [1.807, 2.05) is 13.8 Å². The Balaban J connectivity index is 1.64. The molecular formula is C17H22N4O2S2. The number of rotatable bonds is 5. The van der Waals surface area contributed by atoms with Gasteiger partial charge in [-0.1, -0.05) is 25.6 Å². The minimum Gasteiger partial charge on any atom is -0.338 e. The number of aryl methyl sites for hydroxylation is 2. The smallest absolute Gasteiger partial charge is 0.321 e. The molecule has 0 aliphatic heterocycles. The molecule has 25 heavy (non-hydrogen) atoms. The monoisotopic (exact) mass is 378 g/mol. The summed E-state index contributed by atoms with van der Waals surface area (Å²) in [5.74, 6) is 0.183. The molecule has 134 valence electrons. The average molecular weight is 379 g/mol. The summed E-state index contributed by atoms with van der Waals surface area (Å²) in [7, 11) is 0. The molecule has 0 spiro atoms. The van der Waals surface area contributed by atoms with Crippen molar-refractivity contribution in [3.63, 3.8) is 0 Å². The van der Waals surface area contributed by atoms with Crippen LogP contribution in [0.1, 0.15) is 37.1 Å². The topological polar surface area (TPSA) is 84.0 Å². The summed E-state index contributed by atoms with van der Waals surface area (Å²) in [5.41, 5.74) is 1.35. The second-order valence-electron chi connectivity index (χ2n) is 6.51. The molecule has 0 saturated carbocycles. The number of urea groups is 1. The Morgan fingerprint density at radius 2 is 2.08 bits per heavy atom. The van der Waals surface area contributed by atoms with Gasteiger partial charge in [0, 0.05) is 16.8 Å². The lowest BCUT2D eigenvalue weighted by atomic mass is 9.97. The van der Waals surface area contributed by atoms with Crippen LogP contribution in [-0.4, -0.2) is 34.2 Å². The Morgan fingerprint density at radius 3 is 2.88 bits per heavy atom. The molecule has 8 heteroatoms. The van der Waals surface area contributed by atoms with Crippen LogP contribution in [0, 0.1) is 5.92 Å². The van der Waals surface area contributed by atoms with Crippen molar-refractivity contribution in [1.29, 1.82) is 0 Å². The molecule has 2 aromatic heterocycles. The molecule has 3 rings (SSSR count). The van der Waals surface area contributed by atoms with Crippen molar-refractivity contribution in [2.24, 2.45) is 5.92 Å². The Morgan fingerprint density at radius 1 is 1.28 bits per heavy atom. The van der Waals surface area contributed by atoms with Gasteiger partial charge in [-0.25, -0.2) is 14.8 Å². The minimum absolute atomic E-state index is 0.159. The number of hydrogen-bond acceptors (Lipinski definition) is 6. The van der Waals surface area contributed by atoms with Crippen molar-refractivity contribution in [2.45, 2.75) is 44.6 Å². The fourth-order valence-corrected chi connectivity index (χ4v) is 4.93. The van der Waals surface area contributed by atoms with Crippen molar-refractivity contribution in [3.8, 4) is 0 Å². The maximum atomic E-state index is 12.0. The second-order valence-corrected chi connectivity index (χ2v) is 8.56. The molecule has 0 bridgehead atoms. The van der Waals surface area contributed by atoms with Gasteiger partial charge in [0.05, 0.1) is 5.75 Å². The maximum Gasteiger partial charge on any atom is 0.321 e. The predicted molar refractivity (Wildman–Crippen MR) is 101 cm³/mol. The summed E-state index contributed by atoms with van der Waals surface area (Å²) >= 11 is 3.10. The summed E-state index contributed by atoms with van der Waals surface area (Å²) in [6.07, 6.45) is 6.13. The molecule has 0 aromatic carbocycles. The van der Waals surface area contributed by atoms with Crippen LogP contribution in [0.25, 0.3) is 10.2 Å². The van der Waals surface area contributed by atoms with Gasteiger partial charge in [-0.05, 0) is 37.2 Å². The van der Waals surface area contributed by atoms with Crippen LogP contribution < -0.4 is 10.6 Å². The SMILES string of the molecule is CC(C)CNC(=O)NC(=O)CSc1ncnc2sc3c(c12)CCCC3. The van der Waals surface area contributed by atoms with Gasteiger partial charge in [0.25, 0.3) is 0 Å². The molecule has 2 aromatic rings. The molecule has 0 atom stereocenters. The van der Waals surface area contributed by atoms with Crippen LogP contribution in [0.4, 0.5) is 4.79 Å². The fourth-order valence-electron chi connectivity index (χ4n) is 2.81. The first kappa shape index (κ1) is 18.1. The number of thioether (sulfide) groups is 1. The van der Waals surface area contributed by atoms with Gasteiger partial charge in [-0.2, -0.15) is 0 Å². The van der Waals surface area contributed by atoms with Crippen molar-refractivity contribution in [2.75, 3.05) is 12.3 Å². The Bertz CT molecular complexity index is 788. The molecule has 1 aliphatic rings. The van der Waals surface area contributed by atoms with Gasteiger partial charge in [0.1, 0.15) is 16.2 Å². The third kappa shape index (κ3) is 4.49. The number of aromatic nitrogens is 2. The Kier molecular flexibility index (Phi) is 5.90. The first-order valence-electron chi connectivity index (χ1n) is 8.50. The van der Waals surface area contributed by atoms with Crippen molar-refractivity contribution >= 4 is 45.3 Å². The van der Waals surface area contributed by atoms with Gasteiger partial charge in [-0.15, -0.1) is 11.3 Å². The molecule has 6 nitrogen and oxygen atoms in total. The van der Waals surface area contributed by atoms with Gasteiger partial charge in [0.15, 0.2) is 0 Å². The number of thiophene rings is 1. The molecule has 2 heterocycles. The van der Waals surface area contributed by atoms with E-state index in [-0.39, 0.29) is 11.7 Å². The summed E-state index contributed by atoms with van der Waals surface area (Å²) in [4.78, 5) is 34.8. The number of imide groups is 1. The highest BCUT2D eigenvalue weighted by Gasteiger charge is 2.20. The summed E-state index contributed by atoms with van der Waals surface area (Å²) in [5, 5.41) is 6.97. The highest BCUT2D eigenvalue weighted by atomic mass is 32.2. The number of carbonyl (C=O) groups excluding carboxylic acids is 2. The van der Waals surface area contributed by atoms with Crippen molar-refractivity contribution in [3.05, 3.63) is 16.8 Å². The van der Waals surface area contributed by atoms with Crippen molar-refractivity contribution < 1.29 is 9.59 Å². The third-order valence-corrected chi connectivity index (χ3v) is 6.17. The van der Waals surface area contributed by atoms with E-state index in [4.69, 9.17) is 0 Å². The van der Waals surface area contributed by atoms with E-state index < -0.39 is 6.03 Å². The highest BCUT2D eigenvalue weighted by Crippen LogP contribution is 2.39. The van der Waals surface area contributed by atoms with E-state index >= 15 is 0 Å². The number of amides is 3. The molecule has 0 unspecified atom stereocenters. The Labute approximate surface area is 155 Å². The molecule has 1 aliphatic carbocycles. The lowest BCUT2D eigenvalue weighted by molar-refractivity contribution is -0.117. The van der Waals surface area contributed by atoms with Gasteiger partial charge in [0.2, 0.25) is 5.91 Å². The predicted octanol–water partition coefficient (Wildman–Crippen LogP) is 3.14. The standard InChI is InChI=1S/C17H22N4O2S2/c1-10(2)7-18-17(23)21-13(22)8-24-15-14-11-5-3-4-6-12(11)25-16(14)20-9-19-15/h9-10H,3-8H2,1-2H3,(H2,18,21,22,23). The van der Waals surface area contributed by atoms with Crippen LogP contribution in [-0.2, 0) is 17.6 Å². The lowest BCUT2D eigenvalue weighted by Crippen LogP contribution is -2.41. The number of hydrogen-bond donors (Lipinski definition) is 2. The molecule has 0 radical (unpaired) electrons. The number of nitrogens with one attached hydrogen (secondary N) is 2. The molecule has 0 fully saturated rings. The van der Waals surface area contributed by atoms with E-state index in [9.17, 15) is 9.59 Å². The van der Waals surface area contributed by atoms with Gasteiger partial charge in [-0.3, -0.25) is 10.1 Å². The zero-order valence-corrected chi connectivity index (χ0v) is 16.1. The highest BCUT2D eigenvalue weighted by molar-refractivity contribution is 8.00. The van der Waals surface area contributed by atoms with E-state index in [2.05, 4.69) is 20.6 Å². The molecular weight excluding hydrogens is 356 g/mol. The molecule has 3 amide bonds. The van der Waals surface area contributed by atoms with Crippen molar-refractivity contribution in [1.82, 2.24) is 20.6 Å². The van der Waals surface area contributed by atoms with Crippen LogP contribution in [0.2, 0.25) is 0 Å². The van der Waals surface area contributed by atoms with E-state index in [1.165, 1.54) is 35.0 Å². The first-order chi connectivity index (χ1) is 12.0. The summed E-state index contributed by atoms with van der Waals surface area (Å²) in [6.45, 7) is 4.54. The second kappa shape index (κ2) is 8.14. The molecule has 2 N–H and O–H groups in total. The first-order valence-corrected chi connectivity index (χ1v) is 10.3. The van der Waals surface area contributed by atoms with Gasteiger partial charge < -0.3 is 5.32 Å². The molecule has 0 saturated heterocycles. The van der Waals surface area contributed by atoms with E-state index in [0.717, 1.165) is 28.1 Å². The summed E-state index contributed by atoms with van der Waals surface area (Å²) < 4.78 is 0. The van der Waals surface area contributed by atoms with E-state index in [1.54, 1.807) is 17.7 Å². The van der Waals surface area contributed by atoms with Crippen LogP contribution in [0.5, 0.6) is 0 Å². The van der Waals surface area contributed by atoms with Crippen LogP contribution >= 0.6 is 23.1 Å². The maximum absolute atomic E-state index is 12.0. The zero-order valence-electron chi connectivity index (χ0n) is 14.4. The third-order valence-electron chi connectivity index (χ3n) is 3.98. The number of carbonyl (C=O) groups is 2. The fraction of sp³-hybridized carbons (Fsp3) is 0.529. The van der Waals surface area contributed by atoms with Crippen LogP contribution in [0.15, 0.2) is 11.4 Å². The number of fused-ring (bicyclic) bond motifs is 3. The van der Waals surface area contributed by atoms with Gasteiger partial charge >= 0.3 is 6.03 Å².